The first kappa shape index (κ1) is 13.8. The number of hydrogen-bond acceptors (Lipinski definition) is 2. The lowest BCUT2D eigenvalue weighted by molar-refractivity contribution is -0.120. The van der Waals surface area contributed by atoms with Gasteiger partial charge in [0.1, 0.15) is 0 Å². The number of benzene rings is 1. The molecule has 0 aliphatic heterocycles. The third-order valence-electron chi connectivity index (χ3n) is 2.97. The molecule has 17 heavy (non-hydrogen) atoms. The highest BCUT2D eigenvalue weighted by molar-refractivity contribution is 5.85. The van der Waals surface area contributed by atoms with Crippen molar-refractivity contribution in [2.24, 2.45) is 5.92 Å². The summed E-state index contributed by atoms with van der Waals surface area (Å²) >= 11 is 0. The first-order valence-electron chi connectivity index (χ1n) is 5.82. The Morgan fingerprint density at radius 1 is 1.29 bits per heavy atom. The molecule has 4 heteroatoms. The molecular weight excluding hydrogens is 236 g/mol. The highest BCUT2D eigenvalue weighted by Gasteiger charge is 2.26. The summed E-state index contributed by atoms with van der Waals surface area (Å²) in [5.74, 6) is 0.855. The fraction of sp³-hybridized carbons (Fsp3) is 0.462. The summed E-state index contributed by atoms with van der Waals surface area (Å²) in [5.41, 5.74) is 0.986. The molecule has 0 radical (unpaired) electrons. The lowest BCUT2D eigenvalue weighted by Crippen LogP contribution is -2.45. The maximum Gasteiger partial charge on any atom is 0.239 e. The predicted octanol–water partition coefficient (Wildman–Crippen LogP) is 2.44. The Morgan fingerprint density at radius 2 is 1.94 bits per heavy atom. The lowest BCUT2D eigenvalue weighted by Gasteiger charge is -2.33. The van der Waals surface area contributed by atoms with E-state index in [2.05, 4.69) is 17.6 Å². The van der Waals surface area contributed by atoms with Crippen LogP contribution in [-0.4, -0.2) is 18.5 Å². The summed E-state index contributed by atoms with van der Waals surface area (Å²) in [6, 6.07) is 10.2. The van der Waals surface area contributed by atoms with E-state index in [1.54, 1.807) is 0 Å². The predicted molar refractivity (Wildman–Crippen MR) is 72.5 cm³/mol. The number of para-hydroxylation sites is 1. The zero-order valence-corrected chi connectivity index (χ0v) is 10.8. The fourth-order valence-corrected chi connectivity index (χ4v) is 2.04. The molecule has 2 rings (SSSR count). The molecule has 0 atom stereocenters. The van der Waals surface area contributed by atoms with Gasteiger partial charge in [-0.15, -0.1) is 12.4 Å². The van der Waals surface area contributed by atoms with Crippen molar-refractivity contribution in [2.45, 2.75) is 25.8 Å². The quantitative estimate of drug-likeness (QED) is 0.867. The third-order valence-corrected chi connectivity index (χ3v) is 2.97. The Balaban J connectivity index is 0.00000144. The van der Waals surface area contributed by atoms with Gasteiger partial charge in [-0.2, -0.15) is 0 Å². The van der Waals surface area contributed by atoms with Gasteiger partial charge in [0, 0.05) is 11.7 Å². The van der Waals surface area contributed by atoms with Gasteiger partial charge in [-0.1, -0.05) is 25.1 Å². The molecule has 0 bridgehead atoms. The molecule has 1 aliphatic rings. The number of hydrogen-bond donors (Lipinski definition) is 2. The van der Waals surface area contributed by atoms with Crippen molar-refractivity contribution in [2.75, 3.05) is 11.9 Å². The number of halogens is 1. The number of carbonyl (C=O) groups is 1. The minimum absolute atomic E-state index is 0. The molecule has 94 valence electrons. The largest absolute Gasteiger partial charge is 0.376 e. The molecule has 1 amide bonds. The maximum atomic E-state index is 11.6. The van der Waals surface area contributed by atoms with Crippen molar-refractivity contribution in [3.8, 4) is 0 Å². The Hall–Kier alpha value is -1.22. The van der Waals surface area contributed by atoms with Crippen molar-refractivity contribution in [3.63, 3.8) is 0 Å². The van der Waals surface area contributed by atoms with Crippen molar-refractivity contribution < 1.29 is 4.79 Å². The van der Waals surface area contributed by atoms with Crippen LogP contribution >= 0.6 is 12.4 Å². The Labute approximate surface area is 108 Å². The van der Waals surface area contributed by atoms with Gasteiger partial charge in [-0.05, 0) is 30.9 Å². The monoisotopic (exact) mass is 254 g/mol. The summed E-state index contributed by atoms with van der Waals surface area (Å²) < 4.78 is 0. The van der Waals surface area contributed by atoms with E-state index in [9.17, 15) is 4.79 Å². The van der Waals surface area contributed by atoms with Gasteiger partial charge in [-0.25, -0.2) is 0 Å². The molecule has 0 spiro atoms. The number of carbonyl (C=O) groups excluding carboxylic acids is 1. The number of amides is 1. The molecule has 3 nitrogen and oxygen atoms in total. The molecule has 1 aromatic carbocycles. The Bertz CT molecular complexity index is 350. The van der Waals surface area contributed by atoms with Gasteiger partial charge in [-0.3, -0.25) is 4.79 Å². The average Bonchev–Trinajstić information content (AvgIpc) is 2.26. The maximum absolute atomic E-state index is 11.6. The van der Waals surface area contributed by atoms with Crippen LogP contribution in [0, 0.1) is 5.92 Å². The molecule has 0 heterocycles. The lowest BCUT2D eigenvalue weighted by atomic mass is 9.82. The van der Waals surface area contributed by atoms with Gasteiger partial charge < -0.3 is 10.6 Å². The second-order valence-electron chi connectivity index (χ2n) is 4.56. The van der Waals surface area contributed by atoms with Gasteiger partial charge in [0.05, 0.1) is 6.54 Å². The number of rotatable bonds is 4. The SMILES string of the molecule is CC1CC(NC(=O)CNc2ccccc2)C1.Cl. The number of nitrogens with one attached hydrogen (secondary N) is 2. The van der Waals surface area contributed by atoms with Crippen LogP contribution in [0.1, 0.15) is 19.8 Å². The molecule has 1 aromatic rings. The summed E-state index contributed by atoms with van der Waals surface area (Å²) in [5, 5.41) is 6.11. The van der Waals surface area contributed by atoms with E-state index in [1.807, 2.05) is 30.3 Å². The van der Waals surface area contributed by atoms with Crippen molar-refractivity contribution in [3.05, 3.63) is 30.3 Å². The summed E-state index contributed by atoms with van der Waals surface area (Å²) in [6.45, 7) is 2.57. The van der Waals surface area contributed by atoms with E-state index in [-0.39, 0.29) is 18.3 Å². The summed E-state index contributed by atoms with van der Waals surface area (Å²) in [7, 11) is 0. The van der Waals surface area contributed by atoms with Crippen molar-refractivity contribution >= 4 is 24.0 Å². The Morgan fingerprint density at radius 3 is 2.53 bits per heavy atom. The minimum atomic E-state index is 0. The molecule has 1 fully saturated rings. The van der Waals surface area contributed by atoms with Crippen molar-refractivity contribution in [1.29, 1.82) is 0 Å². The van der Waals surface area contributed by atoms with Crippen LogP contribution in [0.3, 0.4) is 0 Å². The molecule has 2 N–H and O–H groups in total. The standard InChI is InChI=1S/C13H18N2O.ClH/c1-10-7-12(8-10)15-13(16)9-14-11-5-3-2-4-6-11;/h2-6,10,12,14H,7-9H2,1H3,(H,15,16);1H. The van der Waals surface area contributed by atoms with Crippen LogP contribution in [0.2, 0.25) is 0 Å². The smallest absolute Gasteiger partial charge is 0.239 e. The van der Waals surface area contributed by atoms with E-state index in [0.717, 1.165) is 24.4 Å². The van der Waals surface area contributed by atoms with Crippen LogP contribution in [-0.2, 0) is 4.79 Å². The van der Waals surface area contributed by atoms with Crippen LogP contribution in [0.15, 0.2) is 30.3 Å². The minimum Gasteiger partial charge on any atom is -0.376 e. The van der Waals surface area contributed by atoms with E-state index in [4.69, 9.17) is 0 Å². The summed E-state index contributed by atoms with van der Waals surface area (Å²) in [4.78, 5) is 11.6. The van der Waals surface area contributed by atoms with E-state index >= 15 is 0 Å². The normalized spacial score (nSPS) is 21.9. The molecule has 1 saturated carbocycles. The van der Waals surface area contributed by atoms with Gasteiger partial charge in [0.15, 0.2) is 0 Å². The molecule has 0 saturated heterocycles. The second kappa shape index (κ2) is 6.50. The first-order valence-corrected chi connectivity index (χ1v) is 5.82. The van der Waals surface area contributed by atoms with Crippen molar-refractivity contribution in [1.82, 2.24) is 5.32 Å². The highest BCUT2D eigenvalue weighted by Crippen LogP contribution is 2.25. The van der Waals surface area contributed by atoms with Gasteiger partial charge in [0.25, 0.3) is 0 Å². The fourth-order valence-electron chi connectivity index (χ4n) is 2.04. The topological polar surface area (TPSA) is 41.1 Å². The molecule has 0 aromatic heterocycles. The number of anilines is 1. The Kier molecular flexibility index (Phi) is 5.29. The highest BCUT2D eigenvalue weighted by atomic mass is 35.5. The van der Waals surface area contributed by atoms with Gasteiger partial charge in [0.2, 0.25) is 5.91 Å². The van der Waals surface area contributed by atoms with Crippen LogP contribution < -0.4 is 10.6 Å². The zero-order chi connectivity index (χ0) is 11.4. The molecular formula is C13H19ClN2O. The van der Waals surface area contributed by atoms with Crippen LogP contribution in [0.5, 0.6) is 0 Å². The third kappa shape index (κ3) is 4.27. The van der Waals surface area contributed by atoms with E-state index in [1.165, 1.54) is 0 Å². The molecule has 1 aliphatic carbocycles. The first-order chi connectivity index (χ1) is 7.74. The molecule has 0 unspecified atom stereocenters. The van der Waals surface area contributed by atoms with Crippen LogP contribution in [0.4, 0.5) is 5.69 Å². The van der Waals surface area contributed by atoms with Crippen LogP contribution in [0.25, 0.3) is 0 Å². The summed E-state index contributed by atoms with van der Waals surface area (Å²) in [6.07, 6.45) is 2.24. The second-order valence-corrected chi connectivity index (χ2v) is 4.56. The van der Waals surface area contributed by atoms with Gasteiger partial charge >= 0.3 is 0 Å². The zero-order valence-electron chi connectivity index (χ0n) is 9.98. The van der Waals surface area contributed by atoms with E-state index < -0.39 is 0 Å². The average molecular weight is 255 g/mol. The van der Waals surface area contributed by atoms with E-state index in [0.29, 0.717) is 12.6 Å².